The van der Waals surface area contributed by atoms with Crippen LogP contribution in [0.4, 0.5) is 5.69 Å². The summed E-state index contributed by atoms with van der Waals surface area (Å²) in [6.45, 7) is 1.88. The molecule has 0 aromatic heterocycles. The minimum absolute atomic E-state index is 0.124. The van der Waals surface area contributed by atoms with Crippen molar-refractivity contribution >= 4 is 35.1 Å². The van der Waals surface area contributed by atoms with Crippen molar-refractivity contribution in [2.45, 2.75) is 19.0 Å². The van der Waals surface area contributed by atoms with Gasteiger partial charge in [0.25, 0.3) is 0 Å². The van der Waals surface area contributed by atoms with E-state index in [2.05, 4.69) is 5.32 Å². The second-order valence-corrected chi connectivity index (χ2v) is 7.50. The summed E-state index contributed by atoms with van der Waals surface area (Å²) < 4.78 is 0. The molecule has 2 saturated heterocycles. The molecule has 0 bridgehead atoms. The number of amides is 2. The minimum atomic E-state index is -1.25. The molecule has 8 heteroatoms. The van der Waals surface area contributed by atoms with Crippen LogP contribution in [0, 0.1) is 18.8 Å². The largest absolute Gasteiger partial charge is 0.508 e. The van der Waals surface area contributed by atoms with Gasteiger partial charge in [0.05, 0.1) is 17.5 Å². The van der Waals surface area contributed by atoms with Crippen molar-refractivity contribution in [2.24, 2.45) is 11.8 Å². The van der Waals surface area contributed by atoms with E-state index in [4.69, 9.17) is 11.6 Å². The van der Waals surface area contributed by atoms with E-state index in [1.165, 1.54) is 18.2 Å². The van der Waals surface area contributed by atoms with Crippen molar-refractivity contribution in [3.05, 3.63) is 58.6 Å². The molecule has 144 valence electrons. The molecule has 2 fully saturated rings. The second kappa shape index (κ2) is 6.61. The SMILES string of the molecule is Cc1ccc(N2C(=O)C3C(C(=O)O)NC(c4cc(Cl)ccc4O)C3C2=O)cc1. The number of aliphatic carboxylic acids is 1. The first-order valence-electron chi connectivity index (χ1n) is 8.71. The molecule has 2 amide bonds. The van der Waals surface area contributed by atoms with E-state index in [0.29, 0.717) is 10.7 Å². The van der Waals surface area contributed by atoms with E-state index in [-0.39, 0.29) is 11.3 Å². The number of nitrogens with zero attached hydrogens (tertiary/aromatic N) is 1. The standard InChI is InChI=1S/C20H17ClN2O5/c1-9-2-5-11(6-3-9)23-18(25)14-15(19(23)26)17(20(27)28)22-16(14)12-8-10(21)4-7-13(12)24/h2-8,14-17,22,24H,1H3,(H,27,28). The summed E-state index contributed by atoms with van der Waals surface area (Å²) in [7, 11) is 0. The van der Waals surface area contributed by atoms with Gasteiger partial charge in [0.15, 0.2) is 0 Å². The summed E-state index contributed by atoms with van der Waals surface area (Å²) in [4.78, 5) is 39.0. The maximum Gasteiger partial charge on any atom is 0.321 e. The minimum Gasteiger partial charge on any atom is -0.508 e. The molecule has 0 aliphatic carbocycles. The monoisotopic (exact) mass is 400 g/mol. The number of aromatic hydroxyl groups is 1. The molecule has 2 aromatic carbocycles. The van der Waals surface area contributed by atoms with Gasteiger partial charge in [-0.1, -0.05) is 29.3 Å². The molecule has 2 aliphatic heterocycles. The smallest absolute Gasteiger partial charge is 0.321 e. The van der Waals surface area contributed by atoms with E-state index in [9.17, 15) is 24.6 Å². The summed E-state index contributed by atoms with van der Waals surface area (Å²) in [6, 6.07) is 9.10. The Morgan fingerprint density at radius 1 is 1.07 bits per heavy atom. The van der Waals surface area contributed by atoms with Gasteiger partial charge in [-0.25, -0.2) is 4.90 Å². The molecular weight excluding hydrogens is 384 g/mol. The number of anilines is 1. The lowest BCUT2D eigenvalue weighted by Crippen LogP contribution is -2.43. The Balaban J connectivity index is 1.80. The van der Waals surface area contributed by atoms with Crippen LogP contribution in [0.15, 0.2) is 42.5 Å². The number of imide groups is 1. The van der Waals surface area contributed by atoms with Crippen molar-refractivity contribution in [1.82, 2.24) is 5.32 Å². The van der Waals surface area contributed by atoms with Gasteiger partial charge in [0.2, 0.25) is 11.8 Å². The molecule has 2 aromatic rings. The highest BCUT2D eigenvalue weighted by Gasteiger charge is 2.61. The Kier molecular flexibility index (Phi) is 4.36. The number of hydrogen-bond donors (Lipinski definition) is 3. The summed E-state index contributed by atoms with van der Waals surface area (Å²) >= 11 is 6.02. The molecular formula is C20H17ClN2O5. The van der Waals surface area contributed by atoms with E-state index in [0.717, 1.165) is 10.5 Å². The topological polar surface area (TPSA) is 107 Å². The number of carbonyl (C=O) groups is 3. The fraction of sp³-hybridized carbons (Fsp3) is 0.250. The Labute approximate surface area is 165 Å². The van der Waals surface area contributed by atoms with Crippen molar-refractivity contribution in [3.8, 4) is 5.75 Å². The number of carboxylic acid groups (broad SMARTS) is 1. The number of hydrogen-bond acceptors (Lipinski definition) is 5. The van der Waals surface area contributed by atoms with Gasteiger partial charge in [-0.05, 0) is 37.3 Å². The highest BCUT2D eigenvalue weighted by atomic mass is 35.5. The summed E-state index contributed by atoms with van der Waals surface area (Å²) in [5.74, 6) is -4.46. The molecule has 3 N–H and O–H groups in total. The van der Waals surface area contributed by atoms with Gasteiger partial charge in [-0.2, -0.15) is 0 Å². The van der Waals surface area contributed by atoms with Gasteiger partial charge < -0.3 is 10.2 Å². The summed E-state index contributed by atoms with van der Waals surface area (Å²) in [5.41, 5.74) is 1.65. The zero-order valence-corrected chi connectivity index (χ0v) is 15.6. The average molecular weight is 401 g/mol. The number of carbonyl (C=O) groups excluding carboxylic acids is 2. The number of carboxylic acids is 1. The van der Waals surface area contributed by atoms with Crippen LogP contribution < -0.4 is 10.2 Å². The van der Waals surface area contributed by atoms with Gasteiger partial charge in [0, 0.05) is 16.6 Å². The molecule has 0 saturated carbocycles. The van der Waals surface area contributed by atoms with E-state index in [1.54, 1.807) is 24.3 Å². The molecule has 28 heavy (non-hydrogen) atoms. The predicted octanol–water partition coefficient (Wildman–Crippen LogP) is 2.26. The first-order chi connectivity index (χ1) is 13.3. The van der Waals surface area contributed by atoms with Crippen LogP contribution in [0.3, 0.4) is 0 Å². The van der Waals surface area contributed by atoms with Crippen LogP contribution in [0.5, 0.6) is 5.75 Å². The van der Waals surface area contributed by atoms with Crippen LogP contribution in [0.1, 0.15) is 17.2 Å². The molecule has 0 radical (unpaired) electrons. The normalized spacial score (nSPS) is 26.6. The molecule has 2 aliphatic rings. The summed E-state index contributed by atoms with van der Waals surface area (Å²) in [5, 5.41) is 23.0. The predicted molar refractivity (Wildman–Crippen MR) is 101 cm³/mol. The third kappa shape index (κ3) is 2.75. The van der Waals surface area contributed by atoms with Crippen LogP contribution in [-0.2, 0) is 14.4 Å². The Morgan fingerprint density at radius 3 is 2.36 bits per heavy atom. The number of rotatable bonds is 3. The fourth-order valence-electron chi connectivity index (χ4n) is 4.05. The first kappa shape index (κ1) is 18.5. The van der Waals surface area contributed by atoms with Crippen LogP contribution in [0.25, 0.3) is 0 Å². The third-order valence-electron chi connectivity index (χ3n) is 5.36. The molecule has 7 nitrogen and oxygen atoms in total. The fourth-order valence-corrected chi connectivity index (χ4v) is 4.23. The molecule has 4 unspecified atom stereocenters. The first-order valence-corrected chi connectivity index (χ1v) is 9.09. The quantitative estimate of drug-likeness (QED) is 0.682. The number of phenolic OH excluding ortho intramolecular Hbond substituents is 1. The number of halogens is 1. The third-order valence-corrected chi connectivity index (χ3v) is 5.59. The van der Waals surface area contributed by atoms with E-state index < -0.39 is 41.7 Å². The lowest BCUT2D eigenvalue weighted by atomic mass is 9.86. The van der Waals surface area contributed by atoms with Gasteiger partial charge in [-0.15, -0.1) is 0 Å². The summed E-state index contributed by atoms with van der Waals surface area (Å²) in [6.07, 6.45) is 0. The molecule has 4 rings (SSSR count). The highest BCUT2D eigenvalue weighted by Crippen LogP contribution is 2.47. The van der Waals surface area contributed by atoms with Crippen molar-refractivity contribution < 1.29 is 24.6 Å². The number of benzene rings is 2. The maximum atomic E-state index is 13.2. The number of fused-ring (bicyclic) bond motifs is 1. The van der Waals surface area contributed by atoms with Gasteiger partial charge in [-0.3, -0.25) is 19.7 Å². The molecule has 0 spiro atoms. The van der Waals surface area contributed by atoms with Crippen LogP contribution >= 0.6 is 11.6 Å². The van der Waals surface area contributed by atoms with Gasteiger partial charge in [0.1, 0.15) is 11.8 Å². The Bertz CT molecular complexity index is 991. The van der Waals surface area contributed by atoms with Crippen LogP contribution in [0.2, 0.25) is 5.02 Å². The van der Waals surface area contributed by atoms with Crippen molar-refractivity contribution in [2.75, 3.05) is 4.90 Å². The van der Waals surface area contributed by atoms with Crippen molar-refractivity contribution in [1.29, 1.82) is 0 Å². The Morgan fingerprint density at radius 2 is 1.71 bits per heavy atom. The zero-order chi connectivity index (χ0) is 20.2. The number of aryl methyl sites for hydroxylation is 1. The lowest BCUT2D eigenvalue weighted by Gasteiger charge is -2.22. The van der Waals surface area contributed by atoms with Gasteiger partial charge >= 0.3 is 5.97 Å². The number of nitrogens with one attached hydrogen (secondary N) is 1. The maximum absolute atomic E-state index is 13.2. The van der Waals surface area contributed by atoms with Crippen molar-refractivity contribution in [3.63, 3.8) is 0 Å². The Hall–Kier alpha value is -2.90. The van der Waals surface area contributed by atoms with E-state index in [1.807, 2.05) is 6.92 Å². The zero-order valence-electron chi connectivity index (χ0n) is 14.8. The molecule has 4 atom stereocenters. The lowest BCUT2D eigenvalue weighted by molar-refractivity contribution is -0.142. The highest BCUT2D eigenvalue weighted by molar-refractivity contribution is 6.30. The average Bonchev–Trinajstić information content (AvgIpc) is 3.16. The van der Waals surface area contributed by atoms with Crippen LogP contribution in [-0.4, -0.2) is 34.0 Å². The second-order valence-electron chi connectivity index (χ2n) is 7.06. The van der Waals surface area contributed by atoms with E-state index >= 15 is 0 Å². The number of phenols is 1. The molecule has 2 heterocycles.